The van der Waals surface area contributed by atoms with E-state index in [1.165, 1.54) is 17.8 Å². The van der Waals surface area contributed by atoms with Crippen molar-refractivity contribution in [2.75, 3.05) is 6.61 Å². The summed E-state index contributed by atoms with van der Waals surface area (Å²) in [6.45, 7) is 4.65. The van der Waals surface area contributed by atoms with Gasteiger partial charge in [-0.25, -0.2) is 4.98 Å². The van der Waals surface area contributed by atoms with Crippen LogP contribution in [0.3, 0.4) is 0 Å². The Hall–Kier alpha value is -2.71. The molecule has 0 saturated heterocycles. The maximum atomic E-state index is 11.1. The molecule has 0 aliphatic carbocycles. The van der Waals surface area contributed by atoms with E-state index in [1.807, 2.05) is 24.3 Å². The van der Waals surface area contributed by atoms with Gasteiger partial charge in [0.15, 0.2) is 0 Å². The fraction of sp³-hybridized carbons (Fsp3) is 0.300. The molecule has 0 spiro atoms. The molecule has 2 aromatic heterocycles. The zero-order valence-corrected chi connectivity index (χ0v) is 16.6. The van der Waals surface area contributed by atoms with Crippen LogP contribution in [0, 0.1) is 10.1 Å². The molecular formula is C20H22N4O3S. The van der Waals surface area contributed by atoms with Crippen molar-refractivity contribution >= 4 is 17.4 Å². The first-order valence-electron chi connectivity index (χ1n) is 9.02. The number of aliphatic hydroxyl groups is 1. The van der Waals surface area contributed by atoms with Crippen molar-refractivity contribution < 1.29 is 10.0 Å². The minimum atomic E-state index is -0.393. The van der Waals surface area contributed by atoms with Crippen LogP contribution in [0.1, 0.15) is 37.0 Å². The molecule has 0 radical (unpaired) electrons. The molecule has 2 heterocycles. The number of nitro groups is 1. The van der Waals surface area contributed by atoms with Crippen LogP contribution in [0.25, 0.3) is 0 Å². The lowest BCUT2D eigenvalue weighted by Gasteiger charge is -2.13. The zero-order chi connectivity index (χ0) is 20.1. The minimum Gasteiger partial charge on any atom is -0.396 e. The summed E-state index contributed by atoms with van der Waals surface area (Å²) in [4.78, 5) is 20.7. The Balaban J connectivity index is 2.06. The summed E-state index contributed by atoms with van der Waals surface area (Å²) < 4.78 is 2.05. The smallest absolute Gasteiger partial charge is 0.270 e. The minimum absolute atomic E-state index is 0.00230. The zero-order valence-electron chi connectivity index (χ0n) is 15.8. The van der Waals surface area contributed by atoms with E-state index in [9.17, 15) is 15.2 Å². The Labute approximate surface area is 167 Å². The quantitative estimate of drug-likeness (QED) is 0.454. The fourth-order valence-electron chi connectivity index (χ4n) is 2.87. The molecule has 0 aliphatic rings. The normalized spacial score (nSPS) is 11.1. The number of hydrogen-bond acceptors (Lipinski definition) is 6. The molecule has 146 valence electrons. The average molecular weight is 398 g/mol. The van der Waals surface area contributed by atoms with Gasteiger partial charge >= 0.3 is 0 Å². The number of hydrogen-bond donors (Lipinski definition) is 1. The van der Waals surface area contributed by atoms with Gasteiger partial charge in [-0.05, 0) is 24.1 Å². The number of non-ortho nitro benzene ring substituents is 1. The lowest BCUT2D eigenvalue weighted by atomic mass is 10.1. The highest BCUT2D eigenvalue weighted by atomic mass is 32.2. The second kappa shape index (κ2) is 8.99. The molecule has 0 amide bonds. The topological polar surface area (TPSA) is 94.1 Å². The highest BCUT2D eigenvalue weighted by Crippen LogP contribution is 2.36. The van der Waals surface area contributed by atoms with Crippen LogP contribution in [-0.2, 0) is 13.0 Å². The first-order valence-corrected chi connectivity index (χ1v) is 9.83. The summed E-state index contributed by atoms with van der Waals surface area (Å²) in [5, 5.41) is 21.5. The van der Waals surface area contributed by atoms with Gasteiger partial charge in [0.05, 0.1) is 29.5 Å². The highest BCUT2D eigenvalue weighted by molar-refractivity contribution is 7.99. The van der Waals surface area contributed by atoms with Crippen molar-refractivity contribution in [3.63, 3.8) is 0 Å². The molecule has 1 N–H and O–H groups in total. The van der Waals surface area contributed by atoms with Crippen molar-refractivity contribution in [1.29, 1.82) is 0 Å². The molecular weight excluding hydrogens is 376 g/mol. The summed E-state index contributed by atoms with van der Waals surface area (Å²) >= 11 is 1.45. The van der Waals surface area contributed by atoms with Crippen LogP contribution in [0.4, 0.5) is 5.69 Å². The third-order valence-corrected chi connectivity index (χ3v) is 5.31. The first-order chi connectivity index (χ1) is 13.5. The molecule has 0 fully saturated rings. The number of nitrogens with zero attached hydrogens (tertiary/aromatic N) is 4. The average Bonchev–Trinajstić information content (AvgIpc) is 3.01. The van der Waals surface area contributed by atoms with Gasteiger partial charge in [0.2, 0.25) is 0 Å². The van der Waals surface area contributed by atoms with E-state index in [0.717, 1.165) is 27.1 Å². The van der Waals surface area contributed by atoms with E-state index in [-0.39, 0.29) is 18.2 Å². The van der Waals surface area contributed by atoms with E-state index >= 15 is 0 Å². The molecule has 3 aromatic rings. The molecule has 1 aromatic carbocycles. The lowest BCUT2D eigenvalue weighted by molar-refractivity contribution is -0.385. The van der Waals surface area contributed by atoms with E-state index < -0.39 is 4.92 Å². The van der Waals surface area contributed by atoms with Crippen LogP contribution in [0.2, 0.25) is 0 Å². The van der Waals surface area contributed by atoms with Gasteiger partial charge in [-0.2, -0.15) is 0 Å². The highest BCUT2D eigenvalue weighted by Gasteiger charge is 2.21. The fourth-order valence-corrected chi connectivity index (χ4v) is 4.08. The number of benzene rings is 1. The second-order valence-electron chi connectivity index (χ2n) is 6.61. The molecule has 3 rings (SSSR count). The van der Waals surface area contributed by atoms with E-state index in [0.29, 0.717) is 13.0 Å². The molecule has 8 heteroatoms. The molecule has 0 unspecified atom stereocenters. The predicted molar refractivity (Wildman–Crippen MR) is 108 cm³/mol. The lowest BCUT2D eigenvalue weighted by Crippen LogP contribution is -2.09. The summed E-state index contributed by atoms with van der Waals surface area (Å²) in [5.41, 5.74) is 1.86. The third-order valence-electron chi connectivity index (χ3n) is 4.20. The molecule has 7 nitrogen and oxygen atoms in total. The number of aromatic nitrogens is 3. The van der Waals surface area contributed by atoms with Gasteiger partial charge < -0.3 is 9.67 Å². The van der Waals surface area contributed by atoms with Crippen molar-refractivity contribution in [3.05, 3.63) is 76.0 Å². The van der Waals surface area contributed by atoms with E-state index in [2.05, 4.69) is 23.4 Å². The van der Waals surface area contributed by atoms with Crippen LogP contribution < -0.4 is 0 Å². The maximum absolute atomic E-state index is 11.1. The summed E-state index contributed by atoms with van der Waals surface area (Å²) in [5.74, 6) is 0.952. The number of imidazole rings is 1. The predicted octanol–water partition coefficient (Wildman–Crippen LogP) is 4.04. The van der Waals surface area contributed by atoms with Crippen LogP contribution >= 0.6 is 11.8 Å². The molecule has 28 heavy (non-hydrogen) atoms. The maximum Gasteiger partial charge on any atom is 0.270 e. The molecule has 0 atom stereocenters. The van der Waals surface area contributed by atoms with Crippen LogP contribution in [-0.4, -0.2) is 31.2 Å². The number of rotatable bonds is 8. The summed E-state index contributed by atoms with van der Waals surface area (Å²) in [6.07, 6.45) is 2.18. The summed E-state index contributed by atoms with van der Waals surface area (Å²) in [7, 11) is 0. The standard InChI is InChI=1S/C20H22N4O3S/c1-14(2)19-20(28-17-8-5-7-16(12-17)24(26)27)23(18(22-19)9-11-25)13-15-6-3-4-10-21-15/h3-8,10,12,14,25H,9,11,13H2,1-2H3. The Kier molecular flexibility index (Phi) is 6.43. The number of pyridine rings is 1. The Morgan fingerprint density at radius 2 is 2.07 bits per heavy atom. The Morgan fingerprint density at radius 1 is 1.25 bits per heavy atom. The van der Waals surface area contributed by atoms with Crippen molar-refractivity contribution in [2.24, 2.45) is 0 Å². The molecule has 0 aliphatic heterocycles. The van der Waals surface area contributed by atoms with E-state index in [4.69, 9.17) is 4.98 Å². The number of aliphatic hydroxyl groups excluding tert-OH is 1. The second-order valence-corrected chi connectivity index (χ2v) is 7.67. The van der Waals surface area contributed by atoms with Gasteiger partial charge in [-0.15, -0.1) is 0 Å². The van der Waals surface area contributed by atoms with Crippen molar-refractivity contribution in [2.45, 2.75) is 42.7 Å². The van der Waals surface area contributed by atoms with Crippen LogP contribution in [0.5, 0.6) is 0 Å². The van der Waals surface area contributed by atoms with Crippen molar-refractivity contribution in [3.8, 4) is 0 Å². The SMILES string of the molecule is CC(C)c1nc(CCO)n(Cc2ccccn2)c1Sc1cccc([N+](=O)[O-])c1. The third kappa shape index (κ3) is 4.58. The van der Waals surface area contributed by atoms with Crippen molar-refractivity contribution in [1.82, 2.24) is 14.5 Å². The Morgan fingerprint density at radius 3 is 2.71 bits per heavy atom. The van der Waals surface area contributed by atoms with E-state index in [1.54, 1.807) is 18.3 Å². The largest absolute Gasteiger partial charge is 0.396 e. The molecule has 0 bridgehead atoms. The van der Waals surface area contributed by atoms with Gasteiger partial charge in [0.1, 0.15) is 10.9 Å². The first kappa shape index (κ1) is 20.0. The Bertz CT molecular complexity index is 957. The monoisotopic (exact) mass is 398 g/mol. The van der Waals surface area contributed by atoms with Gasteiger partial charge in [-0.1, -0.05) is 37.7 Å². The van der Waals surface area contributed by atoms with Gasteiger partial charge in [-0.3, -0.25) is 15.1 Å². The molecule has 0 saturated carbocycles. The summed E-state index contributed by atoms with van der Waals surface area (Å²) in [6, 6.07) is 12.3. The number of nitro benzene ring substituents is 1. The van der Waals surface area contributed by atoms with Crippen LogP contribution in [0.15, 0.2) is 58.6 Å². The van der Waals surface area contributed by atoms with Gasteiger partial charge in [0, 0.05) is 29.6 Å². The van der Waals surface area contributed by atoms with Gasteiger partial charge in [0.25, 0.3) is 5.69 Å².